The summed E-state index contributed by atoms with van der Waals surface area (Å²) < 4.78 is 4.71. The van der Waals surface area contributed by atoms with E-state index in [0.717, 1.165) is 13.0 Å². The SMILES string of the molecule is COC(=O)c1cccnc1NCCCCCSC. The summed E-state index contributed by atoms with van der Waals surface area (Å²) in [6.45, 7) is 0.829. The number of pyridine rings is 1. The van der Waals surface area contributed by atoms with E-state index >= 15 is 0 Å². The Morgan fingerprint density at radius 1 is 1.44 bits per heavy atom. The lowest BCUT2D eigenvalue weighted by atomic mass is 10.2. The number of nitrogens with zero attached hydrogens (tertiary/aromatic N) is 1. The predicted molar refractivity (Wildman–Crippen MR) is 76.3 cm³/mol. The number of methoxy groups -OCH3 is 1. The molecule has 0 saturated carbocycles. The molecule has 0 aliphatic rings. The highest BCUT2D eigenvalue weighted by Crippen LogP contribution is 2.13. The zero-order valence-corrected chi connectivity index (χ0v) is 11.8. The normalized spacial score (nSPS) is 10.1. The van der Waals surface area contributed by atoms with Crippen LogP contribution in [0.3, 0.4) is 0 Å². The first-order valence-corrected chi connectivity index (χ1v) is 7.45. The molecule has 1 aromatic heterocycles. The summed E-state index contributed by atoms with van der Waals surface area (Å²) in [7, 11) is 1.38. The second-order valence-electron chi connectivity index (χ2n) is 3.87. The highest BCUT2D eigenvalue weighted by Gasteiger charge is 2.11. The van der Waals surface area contributed by atoms with E-state index in [4.69, 9.17) is 4.74 Å². The Morgan fingerprint density at radius 2 is 2.28 bits per heavy atom. The van der Waals surface area contributed by atoms with E-state index in [0.29, 0.717) is 11.4 Å². The van der Waals surface area contributed by atoms with Crippen LogP contribution in [0.25, 0.3) is 0 Å². The molecule has 0 aromatic carbocycles. The average molecular weight is 268 g/mol. The molecule has 1 aromatic rings. The molecule has 0 fully saturated rings. The Morgan fingerprint density at radius 3 is 3.00 bits per heavy atom. The lowest BCUT2D eigenvalue weighted by Gasteiger charge is -2.09. The van der Waals surface area contributed by atoms with Crippen molar-refractivity contribution in [3.63, 3.8) is 0 Å². The van der Waals surface area contributed by atoms with Gasteiger partial charge >= 0.3 is 5.97 Å². The number of esters is 1. The van der Waals surface area contributed by atoms with E-state index in [2.05, 4.69) is 16.6 Å². The Bertz CT molecular complexity index is 372. The van der Waals surface area contributed by atoms with Crippen molar-refractivity contribution in [2.75, 3.05) is 31.0 Å². The van der Waals surface area contributed by atoms with Crippen molar-refractivity contribution < 1.29 is 9.53 Å². The molecule has 4 nitrogen and oxygen atoms in total. The third-order valence-electron chi connectivity index (χ3n) is 2.53. The molecule has 0 aliphatic heterocycles. The zero-order chi connectivity index (χ0) is 13.2. The molecule has 0 spiro atoms. The van der Waals surface area contributed by atoms with Crippen molar-refractivity contribution in [3.8, 4) is 0 Å². The number of rotatable bonds is 8. The van der Waals surface area contributed by atoms with Crippen LogP contribution < -0.4 is 5.32 Å². The fourth-order valence-electron chi connectivity index (χ4n) is 1.58. The molecule has 100 valence electrons. The molecule has 18 heavy (non-hydrogen) atoms. The van der Waals surface area contributed by atoms with E-state index in [1.165, 1.54) is 25.7 Å². The molecule has 0 atom stereocenters. The molecular weight excluding hydrogens is 248 g/mol. The van der Waals surface area contributed by atoms with E-state index in [1.54, 1.807) is 18.3 Å². The Balaban J connectivity index is 2.39. The maximum Gasteiger partial charge on any atom is 0.341 e. The number of carbonyl (C=O) groups is 1. The Hall–Kier alpha value is -1.23. The van der Waals surface area contributed by atoms with Crippen molar-refractivity contribution in [2.24, 2.45) is 0 Å². The van der Waals surface area contributed by atoms with Gasteiger partial charge in [0.1, 0.15) is 11.4 Å². The molecule has 0 amide bonds. The highest BCUT2D eigenvalue weighted by atomic mass is 32.2. The first-order chi connectivity index (χ1) is 8.79. The largest absolute Gasteiger partial charge is 0.465 e. The molecule has 0 radical (unpaired) electrons. The fraction of sp³-hybridized carbons (Fsp3) is 0.538. The lowest BCUT2D eigenvalue weighted by molar-refractivity contribution is 0.0601. The maximum atomic E-state index is 11.5. The second kappa shape index (κ2) is 8.80. The molecule has 0 bridgehead atoms. The molecule has 0 saturated heterocycles. The van der Waals surface area contributed by atoms with Crippen LogP contribution in [0.15, 0.2) is 18.3 Å². The minimum atomic E-state index is -0.354. The number of unbranched alkanes of at least 4 members (excludes halogenated alkanes) is 2. The molecule has 1 N–H and O–H groups in total. The predicted octanol–water partition coefficient (Wildman–Crippen LogP) is 2.81. The third kappa shape index (κ3) is 4.96. The van der Waals surface area contributed by atoms with Gasteiger partial charge in [0.05, 0.1) is 7.11 Å². The van der Waals surface area contributed by atoms with Gasteiger partial charge in [-0.15, -0.1) is 0 Å². The van der Waals surface area contributed by atoms with Gasteiger partial charge in [0.25, 0.3) is 0 Å². The zero-order valence-electron chi connectivity index (χ0n) is 10.9. The van der Waals surface area contributed by atoms with Gasteiger partial charge in [-0.1, -0.05) is 6.42 Å². The van der Waals surface area contributed by atoms with Crippen molar-refractivity contribution in [2.45, 2.75) is 19.3 Å². The van der Waals surface area contributed by atoms with Crippen molar-refractivity contribution in [1.82, 2.24) is 4.98 Å². The standard InChI is InChI=1S/C13H20N2O2S/c1-17-13(16)11-7-6-9-15-12(11)14-8-4-3-5-10-18-2/h6-7,9H,3-5,8,10H2,1-2H3,(H,14,15). The monoisotopic (exact) mass is 268 g/mol. The van der Waals surface area contributed by atoms with E-state index in [1.807, 2.05) is 11.8 Å². The topological polar surface area (TPSA) is 51.2 Å². The highest BCUT2D eigenvalue weighted by molar-refractivity contribution is 7.98. The number of carbonyl (C=O) groups excluding carboxylic acids is 1. The van der Waals surface area contributed by atoms with Crippen LogP contribution in [0, 0.1) is 0 Å². The quantitative estimate of drug-likeness (QED) is 0.580. The Labute approximate surface area is 113 Å². The number of hydrogen-bond donors (Lipinski definition) is 1. The number of ether oxygens (including phenoxy) is 1. The van der Waals surface area contributed by atoms with Crippen LogP contribution in [0.4, 0.5) is 5.82 Å². The summed E-state index contributed by atoms with van der Waals surface area (Å²) in [6.07, 6.45) is 7.29. The molecule has 0 unspecified atom stereocenters. The van der Waals surface area contributed by atoms with Gasteiger partial charge < -0.3 is 10.1 Å². The van der Waals surface area contributed by atoms with Crippen LogP contribution in [0.2, 0.25) is 0 Å². The van der Waals surface area contributed by atoms with Gasteiger partial charge in [0.2, 0.25) is 0 Å². The van der Waals surface area contributed by atoms with Crippen molar-refractivity contribution >= 4 is 23.5 Å². The van der Waals surface area contributed by atoms with E-state index in [9.17, 15) is 4.79 Å². The molecule has 1 heterocycles. The second-order valence-corrected chi connectivity index (χ2v) is 4.86. The summed E-state index contributed by atoms with van der Waals surface area (Å²) in [5, 5.41) is 3.19. The first-order valence-electron chi connectivity index (χ1n) is 6.05. The molecule has 5 heteroatoms. The number of anilines is 1. The van der Waals surface area contributed by atoms with Gasteiger partial charge in [-0.3, -0.25) is 0 Å². The molecular formula is C13H20N2O2S. The molecule has 1 rings (SSSR count). The maximum absolute atomic E-state index is 11.5. The van der Waals surface area contributed by atoms with Crippen LogP contribution >= 0.6 is 11.8 Å². The average Bonchev–Trinajstić information content (AvgIpc) is 2.42. The first kappa shape index (κ1) is 14.8. The summed E-state index contributed by atoms with van der Waals surface area (Å²) >= 11 is 1.87. The number of aromatic nitrogens is 1. The number of thioether (sulfide) groups is 1. The van der Waals surface area contributed by atoms with Gasteiger partial charge in [0.15, 0.2) is 0 Å². The molecule has 0 aliphatic carbocycles. The minimum absolute atomic E-state index is 0.354. The van der Waals surface area contributed by atoms with Crippen LogP contribution in [0.1, 0.15) is 29.6 Å². The van der Waals surface area contributed by atoms with E-state index in [-0.39, 0.29) is 5.97 Å². The van der Waals surface area contributed by atoms with E-state index < -0.39 is 0 Å². The van der Waals surface area contributed by atoms with Crippen molar-refractivity contribution in [3.05, 3.63) is 23.9 Å². The summed E-state index contributed by atoms with van der Waals surface area (Å²) in [5.74, 6) is 1.46. The fourth-order valence-corrected chi connectivity index (χ4v) is 2.07. The number of hydrogen-bond acceptors (Lipinski definition) is 5. The number of nitrogens with one attached hydrogen (secondary N) is 1. The van der Waals surface area contributed by atoms with Crippen LogP contribution in [-0.2, 0) is 4.74 Å². The lowest BCUT2D eigenvalue weighted by Crippen LogP contribution is -2.10. The smallest absolute Gasteiger partial charge is 0.341 e. The summed E-state index contributed by atoms with van der Waals surface area (Å²) in [5.41, 5.74) is 0.490. The van der Waals surface area contributed by atoms with Gasteiger partial charge in [-0.25, -0.2) is 9.78 Å². The van der Waals surface area contributed by atoms with Gasteiger partial charge in [-0.05, 0) is 37.0 Å². The van der Waals surface area contributed by atoms with Crippen molar-refractivity contribution in [1.29, 1.82) is 0 Å². The Kier molecular flexibility index (Phi) is 7.25. The minimum Gasteiger partial charge on any atom is -0.465 e. The van der Waals surface area contributed by atoms with Gasteiger partial charge in [0, 0.05) is 12.7 Å². The van der Waals surface area contributed by atoms with Crippen LogP contribution in [-0.4, -0.2) is 36.6 Å². The third-order valence-corrected chi connectivity index (χ3v) is 3.23. The summed E-state index contributed by atoms with van der Waals surface area (Å²) in [6, 6.07) is 3.45. The summed E-state index contributed by atoms with van der Waals surface area (Å²) in [4.78, 5) is 15.7. The van der Waals surface area contributed by atoms with Gasteiger partial charge in [-0.2, -0.15) is 11.8 Å². The van der Waals surface area contributed by atoms with Crippen LogP contribution in [0.5, 0.6) is 0 Å².